The number of allylic oxidation sites excluding steroid dienone is 15. The molecule has 8 rings (SSSR count). The standard InChI is InChI=1S/C22H29N5S.C20H29N5.C17H18N6S.C15H21N5.2C3H8.C2H6B.C2H6O/c1-4-6-11-17(18(14-23)19-15-25-27-21(19)10-5-2)12-8-7-9-13-20-16(3)28-22(24)26-20;1-5-9-16(6-2)20(18-14-23-25-19(18)15(3)4)24-17-10-7-12-21-22-13-8-11-17;1-3-5-13(19-9-8-14-12(4-2)21-23-22-14)11-6-7-15-16(10-11)24-17(18)20-15;1-4-8-15(14-12-19-20-13(14)3)16-10-6-7-11-18-17-9-5-2;4*1-3-2/h5,7,9-10,12-15H,3-4,6,8,11,23H2,1-2H3,(H2,24,26)(H,25,27);6-7,10-11,13-15,21H,5,8-9,12H2,1-4H3,(H,23,25);3-10,12,14H,2H2,1H3,(H2,18,20)(H,21,22);4-6,8,10-12,17H,2,7,9H2,1,3H3,(H,19,20);2*3H2,1-2H3;2*1-2H3/b9-7+,10-5+,17-12-,18-14+,20-13+;10-7?,16-6+,17-11+,22-13-,24-20-;5-3+,9-8+,19-13-;8-4+,10-6+,16-15-,18-11-;;;;. The molecule has 2 aliphatic rings. The molecule has 587 valence electrons. The third-order valence-corrected chi connectivity index (χ3v) is 15.8. The van der Waals surface area contributed by atoms with Gasteiger partial charge in [-0.25, -0.2) is 15.0 Å². The van der Waals surface area contributed by atoms with Crippen molar-refractivity contribution in [2.24, 2.45) is 41.3 Å². The summed E-state index contributed by atoms with van der Waals surface area (Å²) in [6.07, 6.45) is 60.3. The van der Waals surface area contributed by atoms with Crippen LogP contribution in [-0.2, 0) is 4.74 Å². The van der Waals surface area contributed by atoms with E-state index in [9.17, 15) is 0 Å². The van der Waals surface area contributed by atoms with Gasteiger partial charge in [-0.05, 0) is 126 Å². The first-order valence-corrected chi connectivity index (χ1v) is 39.0. The molecule has 7 heterocycles. The van der Waals surface area contributed by atoms with E-state index >= 15 is 0 Å². The van der Waals surface area contributed by atoms with Crippen LogP contribution >= 0.6 is 22.7 Å². The van der Waals surface area contributed by atoms with Crippen molar-refractivity contribution >= 4 is 104 Å². The molecule has 1 aromatic carbocycles. The number of methoxy groups -OCH3 is 1. The number of hydrogen-bond acceptors (Lipinski definition) is 21. The van der Waals surface area contributed by atoms with E-state index in [1.165, 1.54) is 46.7 Å². The highest BCUT2D eigenvalue weighted by molar-refractivity contribution is 7.22. The van der Waals surface area contributed by atoms with Crippen molar-refractivity contribution in [3.05, 3.63) is 232 Å². The number of fused-ring (bicyclic) bond motifs is 1. The number of aliphatic imine (C=N–C) groups is 3. The molecule has 2 atom stereocenters. The Morgan fingerprint density at radius 3 is 2.13 bits per heavy atom. The first-order valence-electron chi connectivity index (χ1n) is 37.3. The number of nitrogens with two attached hydrogens (primary N) is 3. The molecule has 1 radical (unpaired) electrons. The Kier molecular flexibility index (Phi) is 54.5. The van der Waals surface area contributed by atoms with Crippen molar-refractivity contribution in [1.29, 1.82) is 0 Å². The highest BCUT2D eigenvalue weighted by atomic mass is 32.1. The number of H-pyrrole nitrogens is 3. The lowest BCUT2D eigenvalue weighted by Crippen LogP contribution is -2.26. The zero-order valence-electron chi connectivity index (χ0n) is 68.0. The Balaban J connectivity index is 0.000000694. The number of aromatic amines is 3. The molecule has 22 nitrogen and oxygen atoms in total. The van der Waals surface area contributed by atoms with Crippen LogP contribution in [0, 0.1) is 6.92 Å². The van der Waals surface area contributed by atoms with Crippen molar-refractivity contribution in [3.8, 4) is 0 Å². The smallest absolute Gasteiger partial charge is 0.181 e. The molecule has 109 heavy (non-hydrogen) atoms. The topological polar surface area (TPSA) is 322 Å². The lowest BCUT2D eigenvalue weighted by atomic mass is 9.88. The van der Waals surface area contributed by atoms with Crippen LogP contribution in [0.15, 0.2) is 218 Å². The normalized spacial score (nSPS) is 15.7. The van der Waals surface area contributed by atoms with Crippen LogP contribution in [0.2, 0.25) is 13.6 Å². The highest BCUT2D eigenvalue weighted by Crippen LogP contribution is 2.30. The number of hydrogen-bond donors (Lipinski definition) is 9. The lowest BCUT2D eigenvalue weighted by molar-refractivity contribution is 0.277. The van der Waals surface area contributed by atoms with Gasteiger partial charge in [0.2, 0.25) is 0 Å². The summed E-state index contributed by atoms with van der Waals surface area (Å²) in [7, 11) is 5.25. The minimum atomic E-state index is -0.0816. The molecule has 5 aromatic heterocycles. The second-order valence-electron chi connectivity index (χ2n) is 24.2. The van der Waals surface area contributed by atoms with Gasteiger partial charge >= 0.3 is 0 Å². The minimum absolute atomic E-state index is 0.0122. The summed E-state index contributed by atoms with van der Waals surface area (Å²) in [5, 5.41) is 39.6. The molecule has 0 saturated carbocycles. The highest BCUT2D eigenvalue weighted by Gasteiger charge is 2.20. The summed E-state index contributed by atoms with van der Waals surface area (Å²) in [5.74, 6) is 0.365. The first kappa shape index (κ1) is 96.5. The predicted molar refractivity (Wildman–Crippen MR) is 477 cm³/mol. The molecule has 0 bridgehead atoms. The summed E-state index contributed by atoms with van der Waals surface area (Å²) in [6.45, 7) is 43.9. The zero-order valence-corrected chi connectivity index (χ0v) is 69.6. The Labute approximate surface area is 659 Å². The molecule has 0 aliphatic carbocycles. The number of thiazole rings is 2. The fourth-order valence-corrected chi connectivity index (χ4v) is 10.8. The number of nitrogens with zero attached hydrogens (tertiary/aromatic N) is 12. The van der Waals surface area contributed by atoms with Crippen LogP contribution in [0.25, 0.3) is 34.5 Å². The maximum atomic E-state index is 6.01. The number of rotatable bonds is 28. The van der Waals surface area contributed by atoms with Crippen LogP contribution in [0.5, 0.6) is 0 Å². The number of unbranched alkanes of at least 4 members (excludes halogenated alkanes) is 1. The molecular weight excluding hydrogens is 1390 g/mol. The van der Waals surface area contributed by atoms with Crippen molar-refractivity contribution in [2.75, 3.05) is 38.8 Å². The number of nitrogens with one attached hydrogen (secondary N) is 6. The maximum absolute atomic E-state index is 6.01. The van der Waals surface area contributed by atoms with Crippen LogP contribution in [-0.4, -0.2) is 117 Å². The molecule has 6 aromatic rings. The van der Waals surface area contributed by atoms with Crippen molar-refractivity contribution in [3.63, 3.8) is 0 Å². The number of aryl methyl sites for hydroxylation is 1. The van der Waals surface area contributed by atoms with E-state index in [0.29, 0.717) is 29.3 Å². The van der Waals surface area contributed by atoms with E-state index in [-0.39, 0.29) is 12.1 Å². The Hall–Kier alpha value is -10.5. The summed E-state index contributed by atoms with van der Waals surface area (Å²) in [6, 6.07) is 5.94. The minimum Gasteiger partial charge on any atom is -0.404 e. The third-order valence-electron chi connectivity index (χ3n) is 14.2. The Morgan fingerprint density at radius 1 is 0.826 bits per heavy atom. The quantitative estimate of drug-likeness (QED) is 0.00553. The summed E-state index contributed by atoms with van der Waals surface area (Å²) >= 11 is 2.87. The first-order chi connectivity index (χ1) is 52.9. The number of benzene rings is 1. The second kappa shape index (κ2) is 61.5. The molecule has 25 heteroatoms. The lowest BCUT2D eigenvalue weighted by Gasteiger charge is -2.13. The fourth-order valence-electron chi connectivity index (χ4n) is 9.41. The van der Waals surface area contributed by atoms with Crippen LogP contribution in [0.4, 0.5) is 10.3 Å². The monoisotopic (exact) mass is 1520 g/mol. The van der Waals surface area contributed by atoms with Gasteiger partial charge in [0.25, 0.3) is 0 Å². The van der Waals surface area contributed by atoms with E-state index in [1.807, 2.05) is 146 Å². The van der Waals surface area contributed by atoms with Crippen molar-refractivity contribution in [1.82, 2.24) is 56.8 Å². The fraction of sp³-hybridized carbons (Fsp3) is 0.381. The maximum Gasteiger partial charge on any atom is 0.181 e. The van der Waals surface area contributed by atoms with Gasteiger partial charge in [0.15, 0.2) is 10.3 Å². The molecule has 2 unspecified atom stereocenters. The van der Waals surface area contributed by atoms with E-state index in [4.69, 9.17) is 22.2 Å². The second-order valence-corrected chi connectivity index (χ2v) is 26.4. The number of aromatic nitrogens is 8. The molecule has 2 aliphatic heterocycles. The number of hydrazone groups is 2. The molecule has 0 saturated heterocycles. The van der Waals surface area contributed by atoms with E-state index in [0.717, 1.165) is 139 Å². The van der Waals surface area contributed by atoms with Crippen LogP contribution < -0.4 is 43.4 Å². The van der Waals surface area contributed by atoms with Gasteiger partial charge in [-0.3, -0.25) is 30.7 Å². The van der Waals surface area contributed by atoms with Gasteiger partial charge in [0.05, 0.1) is 81.8 Å². The SMILES string of the molecule is C/C=C(CCC)/C(=N/C1=C/C/C=N\NCC=C1)c1cn[nH]c1C(C)C.C=CC1NN=NC1/C=C/N=C(/C=C/C)c1ccc2nc(N)sc2c1.C=CCN/N=C\C/C=C/N=C(/C=C/C)c1cn[nH]c1C.C=c1sc(N)n/c1=C/C=C/C/C=C(CCCC)\C(=C/N)c1cn[nH]c1/C=C/C.CCC.CCC.COC.C[B]C. The molecule has 12 N–H and O–H groups in total. The molecule has 0 fully saturated rings. The van der Waals surface area contributed by atoms with E-state index in [1.54, 1.807) is 57.4 Å². The largest absolute Gasteiger partial charge is 0.404 e. The van der Waals surface area contributed by atoms with Gasteiger partial charge in [0.1, 0.15) is 13.3 Å². The third kappa shape index (κ3) is 38.7. The summed E-state index contributed by atoms with van der Waals surface area (Å²) in [5.41, 5.74) is 41.6. The van der Waals surface area contributed by atoms with Gasteiger partial charge in [-0.2, -0.15) is 30.6 Å². The number of anilines is 2. The van der Waals surface area contributed by atoms with Gasteiger partial charge < -0.3 is 32.8 Å². The summed E-state index contributed by atoms with van der Waals surface area (Å²) in [4.78, 5) is 22.6. The number of nitrogen functional groups attached to an aromatic ring is 2. The zero-order chi connectivity index (χ0) is 80.8. The molecule has 0 amide bonds. The van der Waals surface area contributed by atoms with Crippen LogP contribution in [0.1, 0.15) is 193 Å². The number of ether oxygens (including phenoxy) is 1. The van der Waals surface area contributed by atoms with E-state index in [2.05, 4.69) is 211 Å². The Morgan fingerprint density at radius 2 is 1.50 bits per heavy atom. The molecule has 0 spiro atoms. The average molecular weight is 1520 g/mol. The van der Waals surface area contributed by atoms with Gasteiger partial charge in [-0.15, -0.1) is 13.2 Å². The summed E-state index contributed by atoms with van der Waals surface area (Å²) < 4.78 is 6.18. The average Bonchev–Trinajstić information content (AvgIpc) is 1.69. The van der Waals surface area contributed by atoms with Gasteiger partial charge in [-0.1, -0.05) is 208 Å². The predicted octanol–water partition coefficient (Wildman–Crippen LogP) is 18.5. The van der Waals surface area contributed by atoms with Crippen molar-refractivity contribution < 1.29 is 4.74 Å². The van der Waals surface area contributed by atoms with E-state index < -0.39 is 0 Å². The molecular formula is C84H125BN21OS2. The van der Waals surface area contributed by atoms with Crippen LogP contribution in [0.3, 0.4) is 0 Å². The Bertz CT molecular complexity index is 4200. The van der Waals surface area contributed by atoms with Crippen molar-refractivity contribution in [2.45, 2.75) is 186 Å². The van der Waals surface area contributed by atoms with Gasteiger partial charge in [0, 0.05) is 102 Å².